The smallest absolute Gasteiger partial charge is 0.135 e. The molecule has 2 aromatic heterocycles. The molecule has 2 N–H and O–H groups in total. The molecule has 0 aliphatic rings. The zero-order chi connectivity index (χ0) is 14.4. The van der Waals surface area contributed by atoms with Crippen LogP contribution in [0, 0.1) is 6.92 Å². The second-order valence-corrected chi connectivity index (χ2v) is 7.69. The fraction of sp³-hybridized carbons (Fsp3) is 0.143. The minimum atomic E-state index is -0.419. The van der Waals surface area contributed by atoms with Crippen LogP contribution >= 0.6 is 50.5 Å². The Labute approximate surface area is 138 Å². The summed E-state index contributed by atoms with van der Waals surface area (Å²) in [5.41, 5.74) is 8.92. The molecule has 20 heavy (non-hydrogen) atoms. The number of rotatable bonds is 2. The van der Waals surface area contributed by atoms with E-state index in [0.717, 1.165) is 32.3 Å². The number of fused-ring (bicyclic) bond motifs is 1. The number of thiophene rings is 1. The summed E-state index contributed by atoms with van der Waals surface area (Å²) in [6.45, 7) is 2.00. The molecule has 0 spiro atoms. The van der Waals surface area contributed by atoms with Gasteiger partial charge in [-0.1, -0.05) is 39.1 Å². The van der Waals surface area contributed by atoms with E-state index in [0.29, 0.717) is 8.67 Å². The molecule has 0 saturated heterocycles. The van der Waals surface area contributed by atoms with Gasteiger partial charge in [0.05, 0.1) is 14.7 Å². The van der Waals surface area contributed by atoms with Crippen LogP contribution in [0.25, 0.3) is 11.0 Å². The van der Waals surface area contributed by atoms with Crippen molar-refractivity contribution in [3.8, 4) is 0 Å². The predicted octanol–water partition coefficient (Wildman–Crippen LogP) is 5.92. The average Bonchev–Trinajstić information content (AvgIpc) is 2.89. The third kappa shape index (κ3) is 2.40. The highest BCUT2D eigenvalue weighted by molar-refractivity contribution is 9.10. The van der Waals surface area contributed by atoms with Crippen LogP contribution in [0.4, 0.5) is 0 Å². The molecule has 104 valence electrons. The quantitative estimate of drug-likeness (QED) is 0.589. The van der Waals surface area contributed by atoms with E-state index >= 15 is 0 Å². The topological polar surface area (TPSA) is 39.2 Å². The van der Waals surface area contributed by atoms with Gasteiger partial charge in [0.25, 0.3) is 0 Å². The van der Waals surface area contributed by atoms with Crippen molar-refractivity contribution in [1.29, 1.82) is 0 Å². The molecule has 0 aliphatic heterocycles. The van der Waals surface area contributed by atoms with E-state index in [-0.39, 0.29) is 0 Å². The van der Waals surface area contributed by atoms with Crippen molar-refractivity contribution in [2.24, 2.45) is 5.73 Å². The summed E-state index contributed by atoms with van der Waals surface area (Å²) in [4.78, 5) is 0. The lowest BCUT2D eigenvalue weighted by Crippen LogP contribution is -2.11. The normalized spacial score (nSPS) is 13.1. The van der Waals surface area contributed by atoms with Gasteiger partial charge in [-0.25, -0.2) is 0 Å². The largest absolute Gasteiger partial charge is 0.459 e. The van der Waals surface area contributed by atoms with Crippen LogP contribution < -0.4 is 5.73 Å². The molecule has 3 rings (SSSR count). The van der Waals surface area contributed by atoms with Crippen LogP contribution in [-0.4, -0.2) is 0 Å². The summed E-state index contributed by atoms with van der Waals surface area (Å²) in [6.07, 6.45) is 0. The molecule has 1 atom stereocenters. The minimum absolute atomic E-state index is 0.419. The van der Waals surface area contributed by atoms with Crippen molar-refractivity contribution in [3.63, 3.8) is 0 Å². The molecule has 3 aromatic rings. The molecule has 6 heteroatoms. The number of halogens is 3. The Morgan fingerprint density at radius 1 is 1.30 bits per heavy atom. The lowest BCUT2D eigenvalue weighted by Gasteiger charge is -2.08. The second-order valence-electron chi connectivity index (χ2n) is 4.49. The Morgan fingerprint density at radius 2 is 2.05 bits per heavy atom. The van der Waals surface area contributed by atoms with Gasteiger partial charge in [0.15, 0.2) is 0 Å². The summed E-state index contributed by atoms with van der Waals surface area (Å²) in [5.74, 6) is 0.717. The number of hydrogen-bond donors (Lipinski definition) is 1. The lowest BCUT2D eigenvalue weighted by atomic mass is 10.0. The van der Waals surface area contributed by atoms with Crippen LogP contribution in [0.1, 0.15) is 22.9 Å². The molecule has 2 heterocycles. The van der Waals surface area contributed by atoms with E-state index in [2.05, 4.69) is 15.9 Å². The number of benzene rings is 1. The Balaban J connectivity index is 2.14. The molecular weight excluding hydrogens is 381 g/mol. The van der Waals surface area contributed by atoms with Crippen LogP contribution in [0.2, 0.25) is 8.67 Å². The van der Waals surface area contributed by atoms with Crippen LogP contribution in [-0.2, 0) is 0 Å². The summed E-state index contributed by atoms with van der Waals surface area (Å²) in [7, 11) is 0. The average molecular weight is 391 g/mol. The SMILES string of the molecule is Cc1c(C(N)c2cc(Cl)sc2Cl)oc2cc(Br)ccc12. The van der Waals surface area contributed by atoms with Crippen molar-refractivity contribution in [2.75, 3.05) is 0 Å². The van der Waals surface area contributed by atoms with Crippen molar-refractivity contribution in [2.45, 2.75) is 13.0 Å². The van der Waals surface area contributed by atoms with Crippen LogP contribution in [0.15, 0.2) is 33.2 Å². The maximum atomic E-state index is 6.29. The maximum Gasteiger partial charge on any atom is 0.135 e. The number of aryl methyl sites for hydroxylation is 1. The van der Waals surface area contributed by atoms with Gasteiger partial charge in [-0.3, -0.25) is 0 Å². The first kappa shape index (κ1) is 14.4. The lowest BCUT2D eigenvalue weighted by molar-refractivity contribution is 0.521. The third-order valence-electron chi connectivity index (χ3n) is 3.24. The predicted molar refractivity (Wildman–Crippen MR) is 89.0 cm³/mol. The van der Waals surface area contributed by atoms with Gasteiger partial charge in [-0.15, -0.1) is 11.3 Å². The number of furan rings is 1. The van der Waals surface area contributed by atoms with E-state index in [1.165, 1.54) is 11.3 Å². The summed E-state index contributed by atoms with van der Waals surface area (Å²) >= 11 is 16.9. The molecule has 0 amide bonds. The third-order valence-corrected chi connectivity index (χ3v) is 5.25. The van der Waals surface area contributed by atoms with Crippen LogP contribution in [0.3, 0.4) is 0 Å². The Hall–Kier alpha value is -0.520. The second kappa shape index (κ2) is 5.35. The molecule has 0 radical (unpaired) electrons. The summed E-state index contributed by atoms with van der Waals surface area (Å²) in [6, 6.07) is 7.30. The standard InChI is InChI=1S/C14H10BrCl2NOS/c1-6-8-3-2-7(15)4-10(8)19-13(6)12(18)9-5-11(16)20-14(9)17/h2-5,12H,18H2,1H3. The van der Waals surface area contributed by atoms with Crippen molar-refractivity contribution in [3.05, 3.63) is 54.3 Å². The van der Waals surface area contributed by atoms with Crippen molar-refractivity contribution in [1.82, 2.24) is 0 Å². The maximum absolute atomic E-state index is 6.29. The van der Waals surface area contributed by atoms with Gasteiger partial charge in [-0.05, 0) is 31.2 Å². The number of hydrogen-bond acceptors (Lipinski definition) is 3. The monoisotopic (exact) mass is 389 g/mol. The minimum Gasteiger partial charge on any atom is -0.459 e. The van der Waals surface area contributed by atoms with E-state index in [9.17, 15) is 0 Å². The molecule has 1 unspecified atom stereocenters. The fourth-order valence-corrected chi connectivity index (χ4v) is 4.11. The first-order valence-electron chi connectivity index (χ1n) is 5.86. The Morgan fingerprint density at radius 3 is 2.70 bits per heavy atom. The zero-order valence-electron chi connectivity index (χ0n) is 10.4. The van der Waals surface area contributed by atoms with Gasteiger partial charge in [-0.2, -0.15) is 0 Å². The summed E-state index contributed by atoms with van der Waals surface area (Å²) < 4.78 is 8.10. The molecule has 0 bridgehead atoms. The van der Waals surface area contributed by atoms with Crippen molar-refractivity contribution < 1.29 is 4.42 Å². The Kier molecular flexibility index (Phi) is 3.86. The summed E-state index contributed by atoms with van der Waals surface area (Å²) in [5, 5.41) is 1.05. The van der Waals surface area contributed by atoms with E-state index in [1.54, 1.807) is 6.07 Å². The Bertz CT molecular complexity index is 796. The first-order valence-corrected chi connectivity index (χ1v) is 8.22. The van der Waals surface area contributed by atoms with Crippen molar-refractivity contribution >= 4 is 61.4 Å². The molecule has 0 aliphatic carbocycles. The molecule has 0 saturated carbocycles. The zero-order valence-corrected chi connectivity index (χ0v) is 14.3. The number of nitrogens with two attached hydrogens (primary N) is 1. The fourth-order valence-electron chi connectivity index (χ4n) is 2.22. The van der Waals surface area contributed by atoms with E-state index in [1.807, 2.05) is 25.1 Å². The highest BCUT2D eigenvalue weighted by atomic mass is 79.9. The van der Waals surface area contributed by atoms with Gasteiger partial charge in [0.1, 0.15) is 11.3 Å². The molecule has 2 nitrogen and oxygen atoms in total. The van der Waals surface area contributed by atoms with Gasteiger partial charge in [0, 0.05) is 21.0 Å². The van der Waals surface area contributed by atoms with Gasteiger partial charge < -0.3 is 10.2 Å². The highest BCUT2D eigenvalue weighted by Gasteiger charge is 2.22. The highest BCUT2D eigenvalue weighted by Crippen LogP contribution is 2.39. The molecular formula is C14H10BrCl2NOS. The van der Waals surface area contributed by atoms with E-state index < -0.39 is 6.04 Å². The first-order chi connectivity index (χ1) is 9.47. The van der Waals surface area contributed by atoms with Gasteiger partial charge >= 0.3 is 0 Å². The van der Waals surface area contributed by atoms with Gasteiger partial charge in [0.2, 0.25) is 0 Å². The van der Waals surface area contributed by atoms with E-state index in [4.69, 9.17) is 33.4 Å². The molecule has 0 fully saturated rings. The molecule has 1 aromatic carbocycles. The van der Waals surface area contributed by atoms with Crippen LogP contribution in [0.5, 0.6) is 0 Å².